The first-order valence-electron chi connectivity index (χ1n) is 14.3. The van der Waals surface area contributed by atoms with Gasteiger partial charge in [0.2, 0.25) is 9.84 Å². The summed E-state index contributed by atoms with van der Waals surface area (Å²) in [5, 5.41) is 18.5. The van der Waals surface area contributed by atoms with Crippen LogP contribution < -0.4 is 20.7 Å². The van der Waals surface area contributed by atoms with E-state index in [9.17, 15) is 27.9 Å². The fourth-order valence-corrected chi connectivity index (χ4v) is 7.26. The molecule has 0 radical (unpaired) electrons. The van der Waals surface area contributed by atoms with Crippen molar-refractivity contribution in [2.24, 2.45) is 5.92 Å². The van der Waals surface area contributed by atoms with Crippen molar-refractivity contribution in [3.63, 3.8) is 0 Å². The lowest BCUT2D eigenvalue weighted by Gasteiger charge is -2.17. The largest absolute Gasteiger partial charge is 0.494 e. The number of ether oxygens (including phenoxy) is 1. The number of rotatable bonds is 12. The summed E-state index contributed by atoms with van der Waals surface area (Å²) in [7, 11) is -3.96. The van der Waals surface area contributed by atoms with Crippen LogP contribution in [0.4, 0.5) is 5.69 Å². The topological polar surface area (TPSA) is 164 Å². The maximum atomic E-state index is 13.2. The standard InChI is InChI=1S/C32H32N4O7S2/c1-19(2)28(32(39)40)33-14-5-15-43-22-11-8-20(9-12-22)31-35-18-23(44-31)17-34-29(37)21-10-13-27-25(16-21)36-30(38)24-6-3-4-7-26(24)45(27,41)42/h3-4,6-13,16,18-19,28,33H,5,14-15,17H2,1-2H3,(H,34,37)(H,36,38)(H,39,40)/t28-/m0/s1. The van der Waals surface area contributed by atoms with Gasteiger partial charge in [-0.05, 0) is 73.5 Å². The Kier molecular flexibility index (Phi) is 9.61. The molecule has 1 aromatic heterocycles. The third-order valence-corrected chi connectivity index (χ3v) is 10.1. The zero-order valence-electron chi connectivity index (χ0n) is 24.6. The zero-order chi connectivity index (χ0) is 32.1. The number of carbonyl (C=O) groups excluding carboxylic acids is 2. The monoisotopic (exact) mass is 648 g/mol. The third-order valence-electron chi connectivity index (χ3n) is 7.17. The van der Waals surface area contributed by atoms with Crippen molar-refractivity contribution in [1.29, 1.82) is 0 Å². The number of thiazole rings is 1. The van der Waals surface area contributed by atoms with E-state index >= 15 is 0 Å². The Balaban J connectivity index is 1.15. The van der Waals surface area contributed by atoms with Gasteiger partial charge in [-0.1, -0.05) is 26.0 Å². The fraction of sp³-hybridized carbons (Fsp3) is 0.250. The number of carboxylic acids is 1. The summed E-state index contributed by atoms with van der Waals surface area (Å²) in [5.74, 6) is -1.17. The minimum Gasteiger partial charge on any atom is -0.494 e. The number of nitrogens with zero attached hydrogens (tertiary/aromatic N) is 1. The van der Waals surface area contributed by atoms with Crippen LogP contribution >= 0.6 is 11.3 Å². The molecule has 45 heavy (non-hydrogen) atoms. The maximum Gasteiger partial charge on any atom is 0.320 e. The molecule has 1 aliphatic rings. The number of aromatic nitrogens is 1. The second-order valence-corrected chi connectivity index (χ2v) is 13.7. The summed E-state index contributed by atoms with van der Waals surface area (Å²) in [6.45, 7) is 4.91. The number of fused-ring (bicyclic) bond motifs is 2. The predicted molar refractivity (Wildman–Crippen MR) is 169 cm³/mol. The van der Waals surface area contributed by atoms with Crippen LogP contribution in [0.2, 0.25) is 0 Å². The SMILES string of the molecule is CC(C)[C@H](NCCCOc1ccc(-c2ncc(CNC(=O)c3ccc4c(c3)NC(=O)c3ccccc3S4(=O)=O)s2)cc1)C(=O)O. The molecule has 2 amide bonds. The van der Waals surface area contributed by atoms with Gasteiger partial charge >= 0.3 is 5.97 Å². The molecule has 0 aliphatic carbocycles. The first-order valence-corrected chi connectivity index (χ1v) is 16.6. The van der Waals surface area contributed by atoms with E-state index in [0.717, 1.165) is 15.4 Å². The van der Waals surface area contributed by atoms with E-state index < -0.39 is 33.7 Å². The number of hydrogen-bond donors (Lipinski definition) is 4. The van der Waals surface area contributed by atoms with Crippen molar-refractivity contribution < 1.29 is 32.6 Å². The fourth-order valence-electron chi connectivity index (χ4n) is 4.81. The molecule has 3 aromatic carbocycles. The molecule has 0 spiro atoms. The van der Waals surface area contributed by atoms with Crippen molar-refractivity contribution in [3.05, 3.63) is 88.9 Å². The summed E-state index contributed by atoms with van der Waals surface area (Å²) in [6.07, 6.45) is 2.34. The van der Waals surface area contributed by atoms with Crippen LogP contribution in [-0.2, 0) is 21.2 Å². The van der Waals surface area contributed by atoms with Crippen LogP contribution in [0.15, 0.2) is 82.7 Å². The summed E-state index contributed by atoms with van der Waals surface area (Å²) >= 11 is 1.42. The highest BCUT2D eigenvalue weighted by molar-refractivity contribution is 7.91. The van der Waals surface area contributed by atoms with E-state index in [0.29, 0.717) is 25.3 Å². The number of carboxylic acid groups (broad SMARTS) is 1. The van der Waals surface area contributed by atoms with Gasteiger partial charge in [-0.15, -0.1) is 11.3 Å². The van der Waals surface area contributed by atoms with Gasteiger partial charge in [-0.2, -0.15) is 0 Å². The lowest BCUT2D eigenvalue weighted by molar-refractivity contribution is -0.140. The molecule has 234 valence electrons. The normalized spacial score (nSPS) is 14.1. The summed E-state index contributed by atoms with van der Waals surface area (Å²) < 4.78 is 32.2. The minimum atomic E-state index is -3.96. The number of anilines is 1. The third kappa shape index (κ3) is 7.22. The zero-order valence-corrected chi connectivity index (χ0v) is 26.2. The molecular weight excluding hydrogens is 617 g/mol. The van der Waals surface area contributed by atoms with Crippen LogP contribution in [-0.4, -0.2) is 55.5 Å². The molecule has 1 aliphatic heterocycles. The summed E-state index contributed by atoms with van der Waals surface area (Å²) in [5.41, 5.74) is 1.18. The van der Waals surface area contributed by atoms with Gasteiger partial charge in [0, 0.05) is 22.2 Å². The van der Waals surface area contributed by atoms with Crippen LogP contribution in [0.3, 0.4) is 0 Å². The highest BCUT2D eigenvalue weighted by atomic mass is 32.2. The van der Waals surface area contributed by atoms with Gasteiger partial charge in [0.05, 0.1) is 34.2 Å². The molecule has 4 aromatic rings. The van der Waals surface area contributed by atoms with Gasteiger partial charge in [-0.25, -0.2) is 13.4 Å². The summed E-state index contributed by atoms with van der Waals surface area (Å²) in [6, 6.07) is 17.0. The number of amides is 2. The molecule has 0 unspecified atom stereocenters. The number of carbonyl (C=O) groups is 3. The Hall–Kier alpha value is -4.59. The van der Waals surface area contributed by atoms with Gasteiger partial charge in [0.1, 0.15) is 16.8 Å². The second kappa shape index (κ2) is 13.6. The molecule has 5 rings (SSSR count). The first kappa shape index (κ1) is 31.8. The van der Waals surface area contributed by atoms with Crippen molar-refractivity contribution in [2.45, 2.75) is 42.6 Å². The van der Waals surface area contributed by atoms with E-state index in [1.54, 1.807) is 18.3 Å². The summed E-state index contributed by atoms with van der Waals surface area (Å²) in [4.78, 5) is 42.1. The van der Waals surface area contributed by atoms with E-state index in [-0.39, 0.29) is 39.1 Å². The molecule has 13 heteroatoms. The van der Waals surface area contributed by atoms with Crippen molar-refractivity contribution >= 4 is 44.6 Å². The van der Waals surface area contributed by atoms with Crippen LogP contribution in [0, 0.1) is 5.92 Å². The Bertz CT molecular complexity index is 1840. The van der Waals surface area contributed by atoms with Gasteiger partial charge < -0.3 is 25.8 Å². The smallest absolute Gasteiger partial charge is 0.320 e. The van der Waals surface area contributed by atoms with E-state index in [4.69, 9.17) is 4.74 Å². The molecule has 2 heterocycles. The molecule has 0 fully saturated rings. The first-order chi connectivity index (χ1) is 21.5. The highest BCUT2D eigenvalue weighted by Gasteiger charge is 2.31. The average molecular weight is 649 g/mol. The predicted octanol–water partition coefficient (Wildman–Crippen LogP) is 4.61. The van der Waals surface area contributed by atoms with Gasteiger partial charge in [0.15, 0.2) is 0 Å². The second-order valence-electron chi connectivity index (χ2n) is 10.7. The minimum absolute atomic E-state index is 0.00866. The highest BCUT2D eigenvalue weighted by Crippen LogP contribution is 2.34. The lowest BCUT2D eigenvalue weighted by Crippen LogP contribution is -2.41. The number of sulfone groups is 1. The molecule has 1 atom stereocenters. The molecule has 4 N–H and O–H groups in total. The average Bonchev–Trinajstić information content (AvgIpc) is 3.47. The number of nitrogens with one attached hydrogen (secondary N) is 3. The van der Waals surface area contributed by atoms with Crippen molar-refractivity contribution in [1.82, 2.24) is 15.6 Å². The van der Waals surface area contributed by atoms with E-state index in [2.05, 4.69) is 20.9 Å². The number of hydrogen-bond acceptors (Lipinski definition) is 9. The van der Waals surface area contributed by atoms with Gasteiger partial charge in [0.25, 0.3) is 11.8 Å². The van der Waals surface area contributed by atoms with Crippen LogP contribution in [0.5, 0.6) is 5.75 Å². The lowest BCUT2D eigenvalue weighted by atomic mass is 10.0. The molecule has 0 bridgehead atoms. The number of benzene rings is 3. The van der Waals surface area contributed by atoms with Crippen molar-refractivity contribution in [2.75, 3.05) is 18.5 Å². The maximum absolute atomic E-state index is 13.2. The molecule has 11 nitrogen and oxygen atoms in total. The number of aliphatic carboxylic acids is 1. The Morgan fingerprint density at radius 3 is 2.53 bits per heavy atom. The molecule has 0 saturated carbocycles. The van der Waals surface area contributed by atoms with E-state index in [1.165, 1.54) is 41.7 Å². The quantitative estimate of drug-likeness (QED) is 0.161. The molecular formula is C32H32N4O7S2. The van der Waals surface area contributed by atoms with Crippen LogP contribution in [0.25, 0.3) is 10.6 Å². The molecule has 0 saturated heterocycles. The van der Waals surface area contributed by atoms with Crippen LogP contribution in [0.1, 0.15) is 45.9 Å². The Labute approximate surface area is 264 Å². The van der Waals surface area contributed by atoms with Crippen molar-refractivity contribution in [3.8, 4) is 16.3 Å². The van der Waals surface area contributed by atoms with E-state index in [1.807, 2.05) is 38.1 Å². The van der Waals surface area contributed by atoms with Gasteiger partial charge in [-0.3, -0.25) is 14.4 Å². The Morgan fingerprint density at radius 2 is 1.80 bits per heavy atom. The Morgan fingerprint density at radius 1 is 1.04 bits per heavy atom.